The standard InChI is InChI=1S/C11H13NO2/c1-8(2)14-11-6-4-3-5-9(11)10(13)7-12/h3-6,8,10,13H,1-2H3. The van der Waals surface area contributed by atoms with Gasteiger partial charge in [-0.1, -0.05) is 18.2 Å². The van der Waals surface area contributed by atoms with Crippen molar-refractivity contribution in [1.82, 2.24) is 0 Å². The molecule has 0 aliphatic heterocycles. The molecule has 0 aliphatic carbocycles. The summed E-state index contributed by atoms with van der Waals surface area (Å²) in [7, 11) is 0. The molecule has 0 aliphatic rings. The molecule has 1 atom stereocenters. The highest BCUT2D eigenvalue weighted by molar-refractivity contribution is 5.37. The largest absolute Gasteiger partial charge is 0.491 e. The van der Waals surface area contributed by atoms with Crippen LogP contribution >= 0.6 is 0 Å². The van der Waals surface area contributed by atoms with E-state index in [2.05, 4.69) is 0 Å². The number of hydrogen-bond acceptors (Lipinski definition) is 3. The first-order valence-corrected chi connectivity index (χ1v) is 4.48. The van der Waals surface area contributed by atoms with Crippen LogP contribution in [-0.2, 0) is 0 Å². The third-order valence-corrected chi connectivity index (χ3v) is 1.70. The van der Waals surface area contributed by atoms with Gasteiger partial charge in [-0.2, -0.15) is 5.26 Å². The van der Waals surface area contributed by atoms with Crippen molar-refractivity contribution in [2.24, 2.45) is 0 Å². The van der Waals surface area contributed by atoms with Crippen LogP contribution in [0.1, 0.15) is 25.5 Å². The second-order valence-corrected chi connectivity index (χ2v) is 3.24. The third-order valence-electron chi connectivity index (χ3n) is 1.70. The smallest absolute Gasteiger partial charge is 0.169 e. The lowest BCUT2D eigenvalue weighted by atomic mass is 10.1. The van der Waals surface area contributed by atoms with E-state index in [4.69, 9.17) is 10.00 Å². The number of benzene rings is 1. The van der Waals surface area contributed by atoms with E-state index >= 15 is 0 Å². The van der Waals surface area contributed by atoms with Crippen molar-refractivity contribution >= 4 is 0 Å². The number of aliphatic hydroxyl groups excluding tert-OH is 1. The maximum Gasteiger partial charge on any atom is 0.169 e. The normalized spacial score (nSPS) is 12.2. The third kappa shape index (κ3) is 2.48. The monoisotopic (exact) mass is 191 g/mol. The fourth-order valence-corrected chi connectivity index (χ4v) is 1.14. The summed E-state index contributed by atoms with van der Waals surface area (Å²) in [6.07, 6.45) is -1.09. The maximum atomic E-state index is 9.38. The molecule has 1 unspecified atom stereocenters. The van der Waals surface area contributed by atoms with E-state index in [0.29, 0.717) is 11.3 Å². The highest BCUT2D eigenvalue weighted by Crippen LogP contribution is 2.25. The van der Waals surface area contributed by atoms with Crippen molar-refractivity contribution in [1.29, 1.82) is 5.26 Å². The summed E-state index contributed by atoms with van der Waals surface area (Å²) in [6, 6.07) is 8.78. The lowest BCUT2D eigenvalue weighted by molar-refractivity contribution is 0.207. The van der Waals surface area contributed by atoms with Crippen LogP contribution in [0.4, 0.5) is 0 Å². The van der Waals surface area contributed by atoms with Crippen LogP contribution in [0, 0.1) is 11.3 Å². The van der Waals surface area contributed by atoms with Crippen molar-refractivity contribution in [2.75, 3.05) is 0 Å². The first-order valence-electron chi connectivity index (χ1n) is 4.48. The molecule has 0 heterocycles. The molecule has 1 N–H and O–H groups in total. The molecule has 0 saturated carbocycles. The Morgan fingerprint density at radius 1 is 1.36 bits per heavy atom. The summed E-state index contributed by atoms with van der Waals surface area (Å²) in [6.45, 7) is 3.80. The van der Waals surface area contributed by atoms with Gasteiger partial charge in [-0.05, 0) is 19.9 Å². The van der Waals surface area contributed by atoms with Gasteiger partial charge in [0.2, 0.25) is 0 Å². The highest BCUT2D eigenvalue weighted by Gasteiger charge is 2.12. The Hall–Kier alpha value is -1.53. The molecule has 0 bridgehead atoms. The Morgan fingerprint density at radius 2 is 2.00 bits per heavy atom. The minimum Gasteiger partial charge on any atom is -0.491 e. The quantitative estimate of drug-likeness (QED) is 0.744. The van der Waals surface area contributed by atoms with Gasteiger partial charge in [-0.3, -0.25) is 0 Å². The molecule has 0 aromatic heterocycles. The lowest BCUT2D eigenvalue weighted by Crippen LogP contribution is -2.08. The van der Waals surface area contributed by atoms with Gasteiger partial charge in [-0.15, -0.1) is 0 Å². The Kier molecular flexibility index (Phi) is 3.49. The Balaban J connectivity index is 2.98. The summed E-state index contributed by atoms with van der Waals surface area (Å²) in [5, 5.41) is 18.0. The zero-order valence-corrected chi connectivity index (χ0v) is 8.27. The Labute approximate surface area is 83.6 Å². The molecule has 0 saturated heterocycles. The molecule has 74 valence electrons. The fourth-order valence-electron chi connectivity index (χ4n) is 1.14. The number of ether oxygens (including phenoxy) is 1. The second kappa shape index (κ2) is 4.64. The summed E-state index contributed by atoms with van der Waals surface area (Å²) in [5.41, 5.74) is 0.517. The van der Waals surface area contributed by atoms with Crippen LogP contribution in [-0.4, -0.2) is 11.2 Å². The van der Waals surface area contributed by atoms with E-state index in [1.165, 1.54) is 0 Å². The van der Waals surface area contributed by atoms with Crippen LogP contribution in [0.25, 0.3) is 0 Å². The molecule has 3 heteroatoms. The van der Waals surface area contributed by atoms with E-state index in [1.807, 2.05) is 19.9 Å². The number of rotatable bonds is 3. The number of nitriles is 1. The minimum absolute atomic E-state index is 0.0297. The molecule has 14 heavy (non-hydrogen) atoms. The number of para-hydroxylation sites is 1. The van der Waals surface area contributed by atoms with Crippen LogP contribution in [0.2, 0.25) is 0 Å². The Bertz CT molecular complexity index is 341. The first kappa shape index (κ1) is 10.6. The van der Waals surface area contributed by atoms with Crippen molar-refractivity contribution in [3.05, 3.63) is 29.8 Å². The van der Waals surface area contributed by atoms with Crippen molar-refractivity contribution in [2.45, 2.75) is 26.1 Å². The SMILES string of the molecule is CC(C)Oc1ccccc1C(O)C#N. The van der Waals surface area contributed by atoms with Crippen molar-refractivity contribution in [3.8, 4) is 11.8 Å². The topological polar surface area (TPSA) is 53.2 Å². The molecule has 1 rings (SSSR count). The fraction of sp³-hybridized carbons (Fsp3) is 0.364. The predicted molar refractivity (Wildman–Crippen MR) is 52.8 cm³/mol. The van der Waals surface area contributed by atoms with Gasteiger partial charge in [0.05, 0.1) is 12.2 Å². The lowest BCUT2D eigenvalue weighted by Gasteiger charge is -2.14. The van der Waals surface area contributed by atoms with E-state index in [1.54, 1.807) is 24.3 Å². The van der Waals surface area contributed by atoms with Gasteiger partial charge in [-0.25, -0.2) is 0 Å². The van der Waals surface area contributed by atoms with Gasteiger partial charge in [0.25, 0.3) is 0 Å². The van der Waals surface area contributed by atoms with Crippen LogP contribution in [0.5, 0.6) is 5.75 Å². The molecule has 1 aromatic rings. The minimum atomic E-state index is -1.12. The summed E-state index contributed by atoms with van der Waals surface area (Å²) in [4.78, 5) is 0. The molecular formula is C11H13NO2. The first-order chi connectivity index (χ1) is 6.65. The van der Waals surface area contributed by atoms with Crippen LogP contribution in [0.15, 0.2) is 24.3 Å². The molecule has 0 radical (unpaired) electrons. The zero-order valence-electron chi connectivity index (χ0n) is 8.27. The van der Waals surface area contributed by atoms with Gasteiger partial charge in [0, 0.05) is 5.56 Å². The average Bonchev–Trinajstić information content (AvgIpc) is 2.16. The van der Waals surface area contributed by atoms with E-state index < -0.39 is 6.10 Å². The Morgan fingerprint density at radius 3 is 2.57 bits per heavy atom. The summed E-state index contributed by atoms with van der Waals surface area (Å²) < 4.78 is 5.46. The molecule has 1 aromatic carbocycles. The molecule has 0 fully saturated rings. The average molecular weight is 191 g/mol. The molecule has 0 spiro atoms. The van der Waals surface area contributed by atoms with Crippen LogP contribution < -0.4 is 4.74 Å². The van der Waals surface area contributed by atoms with Gasteiger partial charge < -0.3 is 9.84 Å². The van der Waals surface area contributed by atoms with Gasteiger partial charge in [0.1, 0.15) is 5.75 Å². The van der Waals surface area contributed by atoms with Crippen molar-refractivity contribution < 1.29 is 9.84 Å². The van der Waals surface area contributed by atoms with Gasteiger partial charge in [0.15, 0.2) is 6.10 Å². The van der Waals surface area contributed by atoms with Crippen LogP contribution in [0.3, 0.4) is 0 Å². The van der Waals surface area contributed by atoms with Gasteiger partial charge >= 0.3 is 0 Å². The molecular weight excluding hydrogens is 178 g/mol. The number of hydrogen-bond donors (Lipinski definition) is 1. The highest BCUT2D eigenvalue weighted by atomic mass is 16.5. The molecule has 3 nitrogen and oxygen atoms in total. The predicted octanol–water partition coefficient (Wildman–Crippen LogP) is 2.03. The zero-order chi connectivity index (χ0) is 10.6. The second-order valence-electron chi connectivity index (χ2n) is 3.24. The summed E-state index contributed by atoms with van der Waals surface area (Å²) >= 11 is 0. The van der Waals surface area contributed by atoms with Crippen molar-refractivity contribution in [3.63, 3.8) is 0 Å². The molecule has 0 amide bonds. The van der Waals surface area contributed by atoms with E-state index in [-0.39, 0.29) is 6.10 Å². The van der Waals surface area contributed by atoms with E-state index in [9.17, 15) is 5.11 Å². The number of nitrogens with zero attached hydrogens (tertiary/aromatic N) is 1. The summed E-state index contributed by atoms with van der Waals surface area (Å²) in [5.74, 6) is 0.566. The number of aliphatic hydroxyl groups is 1. The maximum absolute atomic E-state index is 9.38. The van der Waals surface area contributed by atoms with E-state index in [0.717, 1.165) is 0 Å².